The summed E-state index contributed by atoms with van der Waals surface area (Å²) in [6.07, 6.45) is 0. The number of carbonyl (C=O) groups excluding carboxylic acids is 2. The number of aryl methyl sites for hydroxylation is 1. The molecule has 0 saturated carbocycles. The van der Waals surface area contributed by atoms with Crippen molar-refractivity contribution < 1.29 is 19.5 Å². The molecule has 2 rings (SSSR count). The average molecular weight is 283 g/mol. The first kappa shape index (κ1) is 13.5. The Hall–Kier alpha value is -1.96. The SMILES string of the molecule is Cc1cc(NC(=O)CN2CSCC2=O)c(C(=O)O)[nH]1. The number of nitrogens with zero attached hydrogens (tertiary/aromatic N) is 1. The van der Waals surface area contributed by atoms with E-state index < -0.39 is 11.9 Å². The molecule has 3 N–H and O–H groups in total. The zero-order chi connectivity index (χ0) is 14.0. The number of carboxylic acids is 1. The van der Waals surface area contributed by atoms with Gasteiger partial charge in [-0.25, -0.2) is 4.79 Å². The Bertz CT molecular complexity index is 540. The summed E-state index contributed by atoms with van der Waals surface area (Å²) in [6.45, 7) is 1.64. The van der Waals surface area contributed by atoms with Gasteiger partial charge >= 0.3 is 5.97 Å². The lowest BCUT2D eigenvalue weighted by Gasteiger charge is -2.13. The van der Waals surface area contributed by atoms with Gasteiger partial charge in [-0.15, -0.1) is 11.8 Å². The van der Waals surface area contributed by atoms with Gasteiger partial charge in [0.2, 0.25) is 11.8 Å². The first-order chi connectivity index (χ1) is 8.97. The van der Waals surface area contributed by atoms with E-state index in [2.05, 4.69) is 10.3 Å². The molecule has 8 heteroatoms. The van der Waals surface area contributed by atoms with Crippen LogP contribution in [0.5, 0.6) is 0 Å². The molecule has 0 atom stereocenters. The maximum atomic E-state index is 11.8. The normalized spacial score (nSPS) is 14.8. The standard InChI is InChI=1S/C11H13N3O4S/c1-6-2-7(10(12-6)11(17)18)13-8(15)3-14-5-19-4-9(14)16/h2,12H,3-5H2,1H3,(H,13,15)(H,17,18). The Balaban J connectivity index is 2.02. The number of rotatable bonds is 4. The van der Waals surface area contributed by atoms with Crippen LogP contribution in [0, 0.1) is 6.92 Å². The van der Waals surface area contributed by atoms with E-state index in [0.29, 0.717) is 17.3 Å². The molecular weight excluding hydrogens is 270 g/mol. The van der Waals surface area contributed by atoms with E-state index >= 15 is 0 Å². The van der Waals surface area contributed by atoms with Crippen LogP contribution in [-0.2, 0) is 9.59 Å². The molecule has 2 heterocycles. The summed E-state index contributed by atoms with van der Waals surface area (Å²) >= 11 is 1.45. The van der Waals surface area contributed by atoms with Crippen molar-refractivity contribution >= 4 is 35.2 Å². The first-order valence-corrected chi connectivity index (χ1v) is 6.71. The molecule has 102 valence electrons. The summed E-state index contributed by atoms with van der Waals surface area (Å²) in [5, 5.41) is 11.5. The number of carboxylic acid groups (broad SMARTS) is 1. The van der Waals surface area contributed by atoms with Crippen LogP contribution in [0.1, 0.15) is 16.2 Å². The zero-order valence-corrected chi connectivity index (χ0v) is 11.0. The van der Waals surface area contributed by atoms with Gasteiger partial charge in [0, 0.05) is 5.69 Å². The Morgan fingerprint density at radius 3 is 2.89 bits per heavy atom. The third kappa shape index (κ3) is 3.08. The van der Waals surface area contributed by atoms with Crippen LogP contribution in [-0.4, -0.2) is 50.9 Å². The second-order valence-electron chi connectivity index (χ2n) is 4.16. The number of aromatic amines is 1. The molecule has 1 aromatic rings. The van der Waals surface area contributed by atoms with E-state index in [4.69, 9.17) is 5.11 Å². The number of hydrogen-bond donors (Lipinski definition) is 3. The number of nitrogens with one attached hydrogen (secondary N) is 2. The third-order valence-corrected chi connectivity index (χ3v) is 3.55. The van der Waals surface area contributed by atoms with Gasteiger partial charge in [-0.2, -0.15) is 0 Å². The maximum absolute atomic E-state index is 11.8. The van der Waals surface area contributed by atoms with Gasteiger partial charge < -0.3 is 20.3 Å². The zero-order valence-electron chi connectivity index (χ0n) is 10.2. The van der Waals surface area contributed by atoms with Crippen LogP contribution in [0.3, 0.4) is 0 Å². The molecule has 1 aromatic heterocycles. The fourth-order valence-corrected chi connectivity index (χ4v) is 2.66. The number of amides is 2. The molecule has 0 radical (unpaired) electrons. The largest absolute Gasteiger partial charge is 0.477 e. The van der Waals surface area contributed by atoms with Crippen molar-refractivity contribution in [3.63, 3.8) is 0 Å². The quantitative estimate of drug-likeness (QED) is 0.746. The third-order valence-electron chi connectivity index (χ3n) is 2.60. The molecule has 1 aliphatic rings. The van der Waals surface area contributed by atoms with E-state index in [9.17, 15) is 14.4 Å². The lowest BCUT2D eigenvalue weighted by atomic mass is 10.3. The fraction of sp³-hybridized carbons (Fsp3) is 0.364. The van der Waals surface area contributed by atoms with Gasteiger partial charge in [-0.1, -0.05) is 0 Å². The smallest absolute Gasteiger partial charge is 0.354 e. The molecule has 19 heavy (non-hydrogen) atoms. The molecule has 1 fully saturated rings. The van der Waals surface area contributed by atoms with Gasteiger partial charge in [0.25, 0.3) is 0 Å². The Morgan fingerprint density at radius 2 is 2.32 bits per heavy atom. The van der Waals surface area contributed by atoms with Gasteiger partial charge in [0.05, 0.1) is 17.3 Å². The number of H-pyrrole nitrogens is 1. The summed E-state index contributed by atoms with van der Waals surface area (Å²) in [7, 11) is 0. The molecule has 2 amide bonds. The highest BCUT2D eigenvalue weighted by molar-refractivity contribution is 8.00. The predicted molar refractivity (Wildman–Crippen MR) is 70.2 cm³/mol. The van der Waals surface area contributed by atoms with Gasteiger partial charge in [0.1, 0.15) is 12.2 Å². The minimum Gasteiger partial charge on any atom is -0.477 e. The molecule has 0 bridgehead atoms. The van der Waals surface area contributed by atoms with Gasteiger partial charge in [-0.05, 0) is 13.0 Å². The highest BCUT2D eigenvalue weighted by Gasteiger charge is 2.23. The number of anilines is 1. The monoisotopic (exact) mass is 283 g/mol. The minimum absolute atomic E-state index is 0.0604. The highest BCUT2D eigenvalue weighted by atomic mass is 32.2. The molecular formula is C11H13N3O4S. The second kappa shape index (κ2) is 5.35. The number of carbonyl (C=O) groups is 3. The molecule has 7 nitrogen and oxygen atoms in total. The minimum atomic E-state index is -1.14. The summed E-state index contributed by atoms with van der Waals surface area (Å²) in [5.74, 6) is -0.751. The van der Waals surface area contributed by atoms with Crippen molar-refractivity contribution in [2.45, 2.75) is 6.92 Å². The van der Waals surface area contributed by atoms with E-state index in [0.717, 1.165) is 0 Å². The van der Waals surface area contributed by atoms with Crippen molar-refractivity contribution in [3.05, 3.63) is 17.5 Å². The van der Waals surface area contributed by atoms with Crippen LogP contribution in [0.2, 0.25) is 0 Å². The summed E-state index contributed by atoms with van der Waals surface area (Å²) < 4.78 is 0. The molecule has 0 aromatic carbocycles. The van der Waals surface area contributed by atoms with Crippen LogP contribution < -0.4 is 5.32 Å². The molecule has 1 saturated heterocycles. The van der Waals surface area contributed by atoms with E-state index in [-0.39, 0.29) is 23.8 Å². The lowest BCUT2D eigenvalue weighted by Crippen LogP contribution is -2.34. The fourth-order valence-electron chi connectivity index (χ4n) is 1.76. The second-order valence-corrected chi connectivity index (χ2v) is 5.12. The number of aromatic carboxylic acids is 1. The van der Waals surface area contributed by atoms with Gasteiger partial charge in [0.15, 0.2) is 0 Å². The van der Waals surface area contributed by atoms with Crippen LogP contribution in [0.15, 0.2) is 6.07 Å². The van der Waals surface area contributed by atoms with Gasteiger partial charge in [-0.3, -0.25) is 9.59 Å². The Morgan fingerprint density at radius 1 is 1.58 bits per heavy atom. The molecule has 1 aliphatic heterocycles. The number of aromatic nitrogens is 1. The van der Waals surface area contributed by atoms with Crippen LogP contribution in [0.4, 0.5) is 5.69 Å². The van der Waals surface area contributed by atoms with Crippen LogP contribution in [0.25, 0.3) is 0 Å². The number of thioether (sulfide) groups is 1. The molecule has 0 aliphatic carbocycles. The molecule has 0 spiro atoms. The predicted octanol–water partition coefficient (Wildman–Crippen LogP) is 0.493. The summed E-state index contributed by atoms with van der Waals surface area (Å²) in [5.41, 5.74) is 0.794. The first-order valence-electron chi connectivity index (χ1n) is 5.55. The summed E-state index contributed by atoms with van der Waals surface area (Å²) in [4.78, 5) is 38.2. The van der Waals surface area contributed by atoms with Crippen molar-refractivity contribution in [3.8, 4) is 0 Å². The van der Waals surface area contributed by atoms with E-state index in [1.165, 1.54) is 16.7 Å². The van der Waals surface area contributed by atoms with E-state index in [1.807, 2.05) is 0 Å². The highest BCUT2D eigenvalue weighted by Crippen LogP contribution is 2.18. The van der Waals surface area contributed by atoms with Crippen molar-refractivity contribution in [1.82, 2.24) is 9.88 Å². The van der Waals surface area contributed by atoms with E-state index in [1.54, 1.807) is 13.0 Å². The average Bonchev–Trinajstić information content (AvgIpc) is 2.86. The van der Waals surface area contributed by atoms with Crippen molar-refractivity contribution in [2.24, 2.45) is 0 Å². The Kier molecular flexibility index (Phi) is 3.79. The summed E-state index contributed by atoms with van der Waals surface area (Å²) in [6, 6.07) is 1.54. The molecule has 0 unspecified atom stereocenters. The lowest BCUT2D eigenvalue weighted by molar-refractivity contribution is -0.130. The topological polar surface area (TPSA) is 102 Å². The van der Waals surface area contributed by atoms with Crippen LogP contribution >= 0.6 is 11.8 Å². The maximum Gasteiger partial charge on any atom is 0.354 e. The van der Waals surface area contributed by atoms with Crippen molar-refractivity contribution in [2.75, 3.05) is 23.5 Å². The Labute approximate surface area is 113 Å². The van der Waals surface area contributed by atoms with Crippen molar-refractivity contribution in [1.29, 1.82) is 0 Å². The number of hydrogen-bond acceptors (Lipinski definition) is 4.